The summed E-state index contributed by atoms with van der Waals surface area (Å²) >= 11 is 4.42. The van der Waals surface area contributed by atoms with E-state index in [0.29, 0.717) is 17.5 Å². The number of halogens is 2. The number of aromatic nitrogens is 1. The first kappa shape index (κ1) is 23.4. The third kappa shape index (κ3) is 4.63. The summed E-state index contributed by atoms with van der Waals surface area (Å²) in [6.45, 7) is 8.60. The minimum absolute atomic E-state index is 0.137. The van der Waals surface area contributed by atoms with Crippen LogP contribution in [0.5, 0.6) is 0 Å². The zero-order chi connectivity index (χ0) is 22.3. The van der Waals surface area contributed by atoms with Crippen molar-refractivity contribution in [3.05, 3.63) is 28.2 Å². The minimum Gasteiger partial charge on any atom is -0.465 e. The lowest BCUT2D eigenvalue weighted by atomic mass is 9.87. The van der Waals surface area contributed by atoms with Crippen molar-refractivity contribution in [1.82, 2.24) is 9.88 Å². The van der Waals surface area contributed by atoms with Gasteiger partial charge in [-0.05, 0) is 41.4 Å². The number of carboxylic acid groups (broad SMARTS) is 1. The van der Waals surface area contributed by atoms with E-state index in [1.807, 2.05) is 0 Å². The van der Waals surface area contributed by atoms with E-state index in [1.54, 1.807) is 13.0 Å². The van der Waals surface area contributed by atoms with Gasteiger partial charge in [0.05, 0.1) is 10.3 Å². The predicted molar refractivity (Wildman–Crippen MR) is 120 cm³/mol. The van der Waals surface area contributed by atoms with Crippen LogP contribution in [0.3, 0.4) is 0 Å². The molecule has 7 nitrogen and oxygen atoms in total. The van der Waals surface area contributed by atoms with Gasteiger partial charge in [-0.25, -0.2) is 14.7 Å². The molecule has 3 rings (SSSR count). The van der Waals surface area contributed by atoms with E-state index in [-0.39, 0.29) is 23.4 Å². The fourth-order valence-corrected chi connectivity index (χ4v) is 6.11. The van der Waals surface area contributed by atoms with E-state index in [1.165, 1.54) is 6.20 Å². The number of fused-ring (bicyclic) bond motifs is 1. The Bertz CT molecular complexity index is 899. The molecule has 0 spiro atoms. The van der Waals surface area contributed by atoms with Crippen LogP contribution in [0.4, 0.5) is 9.18 Å². The van der Waals surface area contributed by atoms with Gasteiger partial charge in [0.2, 0.25) is 5.95 Å². The fraction of sp³-hybridized carbons (Fsp3) is 0.579. The molecule has 0 unspecified atom stereocenters. The molecule has 2 heterocycles. The molecule has 2 aliphatic rings. The van der Waals surface area contributed by atoms with Crippen molar-refractivity contribution >= 4 is 53.3 Å². The Balaban J connectivity index is 1.93. The van der Waals surface area contributed by atoms with Crippen LogP contribution < -0.4 is 0 Å². The van der Waals surface area contributed by atoms with Crippen molar-refractivity contribution in [2.45, 2.75) is 49.3 Å². The Hall–Kier alpha value is -1.30. The molecule has 1 aliphatic carbocycles. The van der Waals surface area contributed by atoms with Gasteiger partial charge in [0, 0.05) is 36.8 Å². The van der Waals surface area contributed by atoms with E-state index < -0.39 is 30.4 Å². The molecular weight excluding hydrogens is 493 g/mol. The van der Waals surface area contributed by atoms with E-state index in [9.17, 15) is 19.1 Å². The first-order chi connectivity index (χ1) is 13.9. The maximum atomic E-state index is 14.6. The Kier molecular flexibility index (Phi) is 6.48. The number of aldehydes is 1. The second kappa shape index (κ2) is 8.32. The number of carbonyl (C=O) groups excluding carboxylic acids is 1. The molecular formula is C19H25BrFN3O4SSi. The molecule has 1 saturated carbocycles. The zero-order valence-electron chi connectivity index (χ0n) is 17.3. The molecule has 1 aliphatic heterocycles. The van der Waals surface area contributed by atoms with Gasteiger partial charge in [-0.15, -0.1) is 0 Å². The maximum absolute atomic E-state index is 14.6. The fourth-order valence-electron chi connectivity index (χ4n) is 3.54. The lowest BCUT2D eigenvalue weighted by Crippen LogP contribution is -2.43. The van der Waals surface area contributed by atoms with Gasteiger partial charge < -0.3 is 14.6 Å². The lowest BCUT2D eigenvalue weighted by molar-refractivity contribution is -0.108. The van der Waals surface area contributed by atoms with E-state index >= 15 is 0 Å². The molecule has 1 aromatic rings. The molecule has 0 aromatic carbocycles. The van der Waals surface area contributed by atoms with Gasteiger partial charge in [0.1, 0.15) is 13.0 Å². The summed E-state index contributed by atoms with van der Waals surface area (Å²) in [4.78, 5) is 33.3. The molecule has 3 atom stereocenters. The Morgan fingerprint density at radius 3 is 2.83 bits per heavy atom. The maximum Gasteiger partial charge on any atom is 0.415 e. The average Bonchev–Trinajstić information content (AvgIpc) is 3.38. The topological polar surface area (TPSA) is 92.1 Å². The first-order valence-electron chi connectivity index (χ1n) is 9.57. The number of aliphatic imine (C=N–C) groups is 1. The number of rotatable bonds is 7. The van der Waals surface area contributed by atoms with Crippen molar-refractivity contribution in [3.63, 3.8) is 0 Å². The van der Waals surface area contributed by atoms with Crippen LogP contribution in [-0.2, 0) is 15.1 Å². The van der Waals surface area contributed by atoms with Crippen molar-refractivity contribution in [2.75, 3.05) is 13.3 Å². The highest BCUT2D eigenvalue weighted by Gasteiger charge is 2.68. The summed E-state index contributed by atoms with van der Waals surface area (Å²) in [6.07, 6.45) is 1.43. The third-order valence-electron chi connectivity index (χ3n) is 5.47. The monoisotopic (exact) mass is 517 g/mol. The number of amidine groups is 1. The molecule has 0 radical (unpaired) electrons. The highest BCUT2D eigenvalue weighted by atomic mass is 79.9. The number of nitrogens with zero attached hydrogens (tertiary/aromatic N) is 3. The molecule has 1 amide bonds. The lowest BCUT2D eigenvalue weighted by Gasteiger charge is -2.35. The number of pyridine rings is 1. The first-order valence-corrected chi connectivity index (χ1v) is 14.9. The van der Waals surface area contributed by atoms with Crippen LogP contribution >= 0.6 is 27.7 Å². The number of amides is 1. The quantitative estimate of drug-likeness (QED) is 0.187. The Morgan fingerprint density at radius 2 is 2.23 bits per heavy atom. The number of hydrogen-bond acceptors (Lipinski definition) is 6. The smallest absolute Gasteiger partial charge is 0.415 e. The summed E-state index contributed by atoms with van der Waals surface area (Å²) in [5.74, 6) is -0.930. The standard InChI is InChI=1S/C19H25BrFN3O4SSi/c1-18(13-7-12(20)9-22-15(13)21)14-8-19(14,10-25)29-16(23-18)24(17(26)27)11-28-5-6-30(2,3)4/h7,9-10,14H,5-6,8,11H2,1-4H3,(H,26,27)/t14-,18+,19+/m0/s1. The van der Waals surface area contributed by atoms with Crippen molar-refractivity contribution in [3.8, 4) is 0 Å². The van der Waals surface area contributed by atoms with Crippen molar-refractivity contribution in [1.29, 1.82) is 0 Å². The van der Waals surface area contributed by atoms with E-state index in [2.05, 4.69) is 45.5 Å². The van der Waals surface area contributed by atoms with Crippen LogP contribution in [0.1, 0.15) is 18.9 Å². The van der Waals surface area contributed by atoms with Gasteiger partial charge in [0.15, 0.2) is 5.17 Å². The summed E-state index contributed by atoms with van der Waals surface area (Å²) < 4.78 is 20.0. The summed E-state index contributed by atoms with van der Waals surface area (Å²) in [5, 5.41) is 9.90. The molecule has 0 saturated heterocycles. The van der Waals surface area contributed by atoms with Crippen LogP contribution in [-0.4, -0.2) is 58.7 Å². The van der Waals surface area contributed by atoms with Crippen LogP contribution in [0, 0.1) is 11.9 Å². The van der Waals surface area contributed by atoms with Crippen LogP contribution in [0.15, 0.2) is 21.7 Å². The SMILES string of the molecule is C[C@]1(c2cc(Br)cnc2F)N=C(N(COCC[Si](C)(C)C)C(=O)O)S[C@@]2(C=O)C[C@H]21. The number of hydrogen-bond donors (Lipinski definition) is 1. The van der Waals surface area contributed by atoms with Gasteiger partial charge >= 0.3 is 6.09 Å². The van der Waals surface area contributed by atoms with Gasteiger partial charge in [-0.2, -0.15) is 4.39 Å². The second-order valence-electron chi connectivity index (χ2n) is 9.02. The molecule has 1 fully saturated rings. The molecule has 1 N–H and O–H groups in total. The normalized spacial score (nSPS) is 27.8. The van der Waals surface area contributed by atoms with Crippen molar-refractivity contribution in [2.24, 2.45) is 10.9 Å². The molecule has 1 aromatic heterocycles. The van der Waals surface area contributed by atoms with Crippen LogP contribution in [0.2, 0.25) is 25.7 Å². The highest BCUT2D eigenvalue weighted by Crippen LogP contribution is 2.65. The highest BCUT2D eigenvalue weighted by molar-refractivity contribution is 9.10. The summed E-state index contributed by atoms with van der Waals surface area (Å²) in [6, 6.07) is 2.48. The molecule has 11 heteroatoms. The average molecular weight is 518 g/mol. The number of carbonyl (C=O) groups is 2. The van der Waals surface area contributed by atoms with Crippen LogP contribution in [0.25, 0.3) is 0 Å². The number of ether oxygens (including phenoxy) is 1. The summed E-state index contributed by atoms with van der Waals surface area (Å²) in [5.41, 5.74) is -0.887. The third-order valence-corrected chi connectivity index (χ3v) is 9.03. The Morgan fingerprint density at radius 1 is 1.53 bits per heavy atom. The second-order valence-corrected chi connectivity index (χ2v) is 16.9. The van der Waals surface area contributed by atoms with Crippen molar-refractivity contribution < 1.29 is 23.8 Å². The molecule has 0 bridgehead atoms. The molecule has 30 heavy (non-hydrogen) atoms. The molecule has 164 valence electrons. The van der Waals surface area contributed by atoms with Gasteiger partial charge in [0.25, 0.3) is 0 Å². The largest absolute Gasteiger partial charge is 0.465 e. The number of thioether (sulfide) groups is 1. The Labute approximate surface area is 188 Å². The summed E-state index contributed by atoms with van der Waals surface area (Å²) in [7, 11) is -1.32. The predicted octanol–water partition coefficient (Wildman–Crippen LogP) is 4.55. The zero-order valence-corrected chi connectivity index (χ0v) is 20.7. The van der Waals surface area contributed by atoms with Gasteiger partial charge in [-0.1, -0.05) is 31.4 Å². The van der Waals surface area contributed by atoms with Gasteiger partial charge in [-0.3, -0.25) is 4.99 Å². The van der Waals surface area contributed by atoms with E-state index in [4.69, 9.17) is 4.74 Å². The minimum atomic E-state index is -1.32. The van der Waals surface area contributed by atoms with E-state index in [0.717, 1.165) is 29.0 Å².